The lowest BCUT2D eigenvalue weighted by Gasteiger charge is -2.30. The predicted octanol–water partition coefficient (Wildman–Crippen LogP) is 0.315. The molecule has 3 nitrogen and oxygen atoms in total. The zero-order valence-corrected chi connectivity index (χ0v) is 8.33. The molecule has 0 fully saturated rings. The summed E-state index contributed by atoms with van der Waals surface area (Å²) in [5, 5.41) is 0. The lowest BCUT2D eigenvalue weighted by Crippen LogP contribution is -2.46. The summed E-state index contributed by atoms with van der Waals surface area (Å²) in [5.41, 5.74) is 0. The number of terminal acetylenes is 1. The molecule has 0 aromatic heterocycles. The number of rotatable bonds is 5. The Hall–Kier alpha value is -0.560. The summed E-state index contributed by atoms with van der Waals surface area (Å²) in [6.07, 6.45) is 5.05. The van der Waals surface area contributed by atoms with Gasteiger partial charge in [-0.3, -0.25) is 0 Å². The zero-order valence-electron chi connectivity index (χ0n) is 8.33. The largest absolute Gasteiger partial charge is 0.351 e. The molecular weight excluding hydrogens is 154 g/mol. The van der Waals surface area contributed by atoms with Crippen LogP contribution in [0.4, 0.5) is 0 Å². The fraction of sp³-hybridized carbons (Fsp3) is 0.778. The van der Waals surface area contributed by atoms with E-state index >= 15 is 0 Å². The normalized spacial score (nSPS) is 11.7. The van der Waals surface area contributed by atoms with Crippen molar-refractivity contribution >= 4 is 0 Å². The minimum Gasteiger partial charge on any atom is -0.351 e. The van der Waals surface area contributed by atoms with Gasteiger partial charge < -0.3 is 14.0 Å². The van der Waals surface area contributed by atoms with E-state index in [1.54, 1.807) is 14.2 Å². The lowest BCUT2D eigenvalue weighted by atomic mass is 10.4. The first-order chi connectivity index (χ1) is 5.55. The molecular formula is C9H18NO2+. The van der Waals surface area contributed by atoms with Crippen molar-refractivity contribution in [2.45, 2.75) is 6.29 Å². The van der Waals surface area contributed by atoms with Crippen LogP contribution >= 0.6 is 0 Å². The molecule has 0 aromatic carbocycles. The van der Waals surface area contributed by atoms with Gasteiger partial charge >= 0.3 is 0 Å². The first-order valence-corrected chi connectivity index (χ1v) is 3.87. The predicted molar refractivity (Wildman–Crippen MR) is 48.5 cm³/mol. The molecule has 0 atom stereocenters. The minimum atomic E-state index is -0.173. The molecule has 0 saturated heterocycles. The maximum atomic E-state index is 5.23. The van der Waals surface area contributed by atoms with E-state index in [0.717, 1.165) is 6.54 Å². The number of quaternary nitrogens is 1. The van der Waals surface area contributed by atoms with E-state index < -0.39 is 0 Å². The molecule has 0 amide bonds. The molecule has 0 spiro atoms. The SMILES string of the molecule is C#CC[N+](C)(C)CC(OC)OC. The van der Waals surface area contributed by atoms with E-state index in [9.17, 15) is 0 Å². The van der Waals surface area contributed by atoms with E-state index in [4.69, 9.17) is 15.9 Å². The van der Waals surface area contributed by atoms with E-state index in [-0.39, 0.29) is 6.29 Å². The van der Waals surface area contributed by atoms with Gasteiger partial charge in [-0.25, -0.2) is 0 Å². The quantitative estimate of drug-likeness (QED) is 0.338. The van der Waals surface area contributed by atoms with Crippen molar-refractivity contribution in [1.82, 2.24) is 0 Å². The molecule has 3 heteroatoms. The van der Waals surface area contributed by atoms with Crippen LogP contribution in [-0.4, -0.2) is 52.2 Å². The third-order valence-electron chi connectivity index (χ3n) is 1.69. The van der Waals surface area contributed by atoms with Gasteiger partial charge in [-0.15, -0.1) is 6.42 Å². The Morgan fingerprint density at radius 2 is 1.83 bits per heavy atom. The van der Waals surface area contributed by atoms with Gasteiger partial charge in [0.15, 0.2) is 0 Å². The minimum absolute atomic E-state index is 0.173. The molecule has 0 aliphatic carbocycles. The highest BCUT2D eigenvalue weighted by Gasteiger charge is 2.20. The molecule has 0 bridgehead atoms. The van der Waals surface area contributed by atoms with Gasteiger partial charge in [0.2, 0.25) is 6.29 Å². The van der Waals surface area contributed by atoms with Gasteiger partial charge in [-0.05, 0) is 5.92 Å². The van der Waals surface area contributed by atoms with Crippen molar-refractivity contribution in [3.8, 4) is 12.3 Å². The molecule has 0 N–H and O–H groups in total. The van der Waals surface area contributed by atoms with Gasteiger partial charge in [0.1, 0.15) is 13.1 Å². The van der Waals surface area contributed by atoms with Crippen molar-refractivity contribution in [1.29, 1.82) is 0 Å². The van der Waals surface area contributed by atoms with Crippen molar-refractivity contribution in [2.24, 2.45) is 0 Å². The summed E-state index contributed by atoms with van der Waals surface area (Å²) in [6.45, 7) is 1.44. The standard InChI is InChI=1S/C9H18NO2/c1-6-7-10(2,3)8-9(11-4)12-5/h1,9H,7-8H2,2-5H3/q+1. The second-order valence-electron chi connectivity index (χ2n) is 3.38. The van der Waals surface area contributed by atoms with Crippen molar-refractivity contribution in [3.05, 3.63) is 0 Å². The Balaban J connectivity index is 3.95. The lowest BCUT2D eigenvalue weighted by molar-refractivity contribution is -0.889. The maximum Gasteiger partial charge on any atom is 0.207 e. The molecule has 70 valence electrons. The summed E-state index contributed by atoms with van der Waals surface area (Å²) in [4.78, 5) is 0. The second kappa shape index (κ2) is 5.15. The van der Waals surface area contributed by atoms with Crippen LogP contribution in [0.5, 0.6) is 0 Å². The van der Waals surface area contributed by atoms with Crippen LogP contribution < -0.4 is 0 Å². The number of hydrogen-bond acceptors (Lipinski definition) is 2. The molecule has 0 aromatic rings. The van der Waals surface area contributed by atoms with Gasteiger partial charge in [0.05, 0.1) is 14.1 Å². The Bertz CT molecular complexity index is 156. The molecule has 0 rings (SSSR count). The topological polar surface area (TPSA) is 18.5 Å². The monoisotopic (exact) mass is 172 g/mol. The summed E-state index contributed by atoms with van der Waals surface area (Å²) in [7, 11) is 7.35. The molecule has 0 radical (unpaired) electrons. The Labute approximate surface area is 74.9 Å². The second-order valence-corrected chi connectivity index (χ2v) is 3.38. The van der Waals surface area contributed by atoms with Crippen molar-refractivity contribution < 1.29 is 14.0 Å². The van der Waals surface area contributed by atoms with Crippen LogP contribution in [0.1, 0.15) is 0 Å². The number of ether oxygens (including phenoxy) is 2. The number of hydrogen-bond donors (Lipinski definition) is 0. The summed E-state index contributed by atoms with van der Waals surface area (Å²) in [6, 6.07) is 0. The van der Waals surface area contributed by atoms with Crippen LogP contribution in [0, 0.1) is 12.3 Å². The van der Waals surface area contributed by atoms with E-state index in [0.29, 0.717) is 11.0 Å². The van der Waals surface area contributed by atoms with Gasteiger partial charge in [0.25, 0.3) is 0 Å². The van der Waals surface area contributed by atoms with Crippen LogP contribution in [0.15, 0.2) is 0 Å². The molecule has 0 saturated carbocycles. The third kappa shape index (κ3) is 4.35. The fourth-order valence-electron chi connectivity index (χ4n) is 0.961. The molecule has 0 aliphatic heterocycles. The molecule has 12 heavy (non-hydrogen) atoms. The Morgan fingerprint density at radius 1 is 1.33 bits per heavy atom. The average Bonchev–Trinajstić information content (AvgIpc) is 2.00. The summed E-state index contributed by atoms with van der Waals surface area (Å²) in [5.74, 6) is 2.62. The zero-order chi connectivity index (χ0) is 9.61. The van der Waals surface area contributed by atoms with E-state index in [2.05, 4.69) is 5.92 Å². The summed E-state index contributed by atoms with van der Waals surface area (Å²) < 4.78 is 10.9. The molecule has 0 aliphatic rings. The maximum absolute atomic E-state index is 5.23. The fourth-order valence-corrected chi connectivity index (χ4v) is 0.961. The smallest absolute Gasteiger partial charge is 0.207 e. The van der Waals surface area contributed by atoms with E-state index in [1.807, 2.05) is 14.1 Å². The first-order valence-electron chi connectivity index (χ1n) is 3.87. The van der Waals surface area contributed by atoms with Crippen LogP contribution in [0.2, 0.25) is 0 Å². The highest BCUT2D eigenvalue weighted by atomic mass is 16.7. The van der Waals surface area contributed by atoms with Gasteiger partial charge in [-0.2, -0.15) is 0 Å². The molecule has 0 unspecified atom stereocenters. The van der Waals surface area contributed by atoms with Gasteiger partial charge in [-0.1, -0.05) is 0 Å². The van der Waals surface area contributed by atoms with Crippen LogP contribution in [0.3, 0.4) is 0 Å². The highest BCUT2D eigenvalue weighted by molar-refractivity contribution is 4.83. The van der Waals surface area contributed by atoms with E-state index in [1.165, 1.54) is 0 Å². The third-order valence-corrected chi connectivity index (χ3v) is 1.69. The van der Waals surface area contributed by atoms with Crippen LogP contribution in [0.25, 0.3) is 0 Å². The number of methoxy groups -OCH3 is 2. The Morgan fingerprint density at radius 3 is 2.17 bits per heavy atom. The number of likely N-dealkylation sites (N-methyl/N-ethyl adjacent to an activating group) is 1. The molecule has 0 heterocycles. The average molecular weight is 172 g/mol. The highest BCUT2D eigenvalue weighted by Crippen LogP contribution is 2.01. The van der Waals surface area contributed by atoms with Crippen LogP contribution in [-0.2, 0) is 9.47 Å². The Kier molecular flexibility index (Phi) is 4.91. The van der Waals surface area contributed by atoms with Gasteiger partial charge in [0, 0.05) is 14.2 Å². The van der Waals surface area contributed by atoms with Crippen molar-refractivity contribution in [2.75, 3.05) is 41.4 Å². The van der Waals surface area contributed by atoms with Crippen molar-refractivity contribution in [3.63, 3.8) is 0 Å². The summed E-state index contributed by atoms with van der Waals surface area (Å²) >= 11 is 0. The first kappa shape index (κ1) is 11.4. The number of nitrogens with zero attached hydrogens (tertiary/aromatic N) is 1.